The number of sulfonamides is 1. The predicted molar refractivity (Wildman–Crippen MR) is 78.4 cm³/mol. The van der Waals surface area contributed by atoms with Gasteiger partial charge in [-0.1, -0.05) is 0 Å². The van der Waals surface area contributed by atoms with Gasteiger partial charge in [-0.2, -0.15) is 4.31 Å². The average molecular weight is 330 g/mol. The molecule has 122 valence electrons. The van der Waals surface area contributed by atoms with Crippen molar-refractivity contribution in [1.82, 2.24) is 9.21 Å². The maximum absolute atomic E-state index is 13.7. The number of benzene rings is 1. The van der Waals surface area contributed by atoms with E-state index in [-0.39, 0.29) is 12.6 Å². The summed E-state index contributed by atoms with van der Waals surface area (Å²) in [5, 5.41) is 0. The van der Waals surface area contributed by atoms with Gasteiger partial charge in [-0.05, 0) is 12.1 Å². The summed E-state index contributed by atoms with van der Waals surface area (Å²) in [5.74, 6) is 0.385. The van der Waals surface area contributed by atoms with E-state index in [9.17, 15) is 12.8 Å². The molecule has 1 aromatic rings. The third kappa shape index (κ3) is 3.40. The molecule has 0 spiro atoms. The van der Waals surface area contributed by atoms with E-state index >= 15 is 0 Å². The highest BCUT2D eigenvalue weighted by Crippen LogP contribution is 2.30. The molecule has 2 aliphatic heterocycles. The van der Waals surface area contributed by atoms with Gasteiger partial charge < -0.3 is 9.47 Å². The van der Waals surface area contributed by atoms with Crippen molar-refractivity contribution in [1.29, 1.82) is 0 Å². The summed E-state index contributed by atoms with van der Waals surface area (Å²) in [7, 11) is -3.14. The van der Waals surface area contributed by atoms with Gasteiger partial charge in [0.1, 0.15) is 11.6 Å². The first-order chi connectivity index (χ1) is 10.4. The molecule has 0 bridgehead atoms. The molecular weight excluding hydrogens is 311 g/mol. The lowest BCUT2D eigenvalue weighted by Gasteiger charge is -2.33. The van der Waals surface area contributed by atoms with Crippen molar-refractivity contribution in [3.05, 3.63) is 29.1 Å². The highest BCUT2D eigenvalue weighted by atomic mass is 32.2. The van der Waals surface area contributed by atoms with Gasteiger partial charge in [0.25, 0.3) is 0 Å². The summed E-state index contributed by atoms with van der Waals surface area (Å²) in [6.45, 7) is 3.22. The van der Waals surface area contributed by atoms with E-state index in [0.29, 0.717) is 45.1 Å². The molecule has 6 nitrogen and oxygen atoms in total. The Morgan fingerprint density at radius 2 is 1.95 bits per heavy atom. The predicted octanol–water partition coefficient (Wildman–Crippen LogP) is 0.769. The van der Waals surface area contributed by atoms with Gasteiger partial charge in [0.05, 0.1) is 12.9 Å². The Labute approximate surface area is 129 Å². The van der Waals surface area contributed by atoms with Crippen molar-refractivity contribution < 1.29 is 22.3 Å². The molecule has 1 saturated heterocycles. The maximum Gasteiger partial charge on any atom is 0.211 e. The highest BCUT2D eigenvalue weighted by Gasteiger charge is 2.25. The minimum atomic E-state index is -3.14. The molecule has 0 aliphatic carbocycles. The molecule has 22 heavy (non-hydrogen) atoms. The van der Waals surface area contributed by atoms with Crippen LogP contribution in [0, 0.1) is 5.82 Å². The summed E-state index contributed by atoms with van der Waals surface area (Å²) in [5.41, 5.74) is 1.50. The van der Waals surface area contributed by atoms with Crippen LogP contribution in [0.4, 0.5) is 4.39 Å². The molecule has 0 radical (unpaired) electrons. The first-order valence-electron chi connectivity index (χ1n) is 7.13. The van der Waals surface area contributed by atoms with Gasteiger partial charge in [-0.25, -0.2) is 12.8 Å². The fraction of sp³-hybridized carbons (Fsp3) is 0.571. The van der Waals surface area contributed by atoms with Crippen molar-refractivity contribution in [2.75, 3.05) is 39.2 Å². The van der Waals surface area contributed by atoms with Gasteiger partial charge in [-0.3, -0.25) is 4.90 Å². The van der Waals surface area contributed by atoms with Gasteiger partial charge >= 0.3 is 0 Å². The molecule has 0 atom stereocenters. The Morgan fingerprint density at radius 1 is 1.23 bits per heavy atom. The van der Waals surface area contributed by atoms with Crippen LogP contribution in [0.15, 0.2) is 12.1 Å². The Hall–Kier alpha value is -1.22. The molecule has 1 aromatic carbocycles. The third-order valence-electron chi connectivity index (χ3n) is 3.95. The summed E-state index contributed by atoms with van der Waals surface area (Å²) >= 11 is 0. The lowest BCUT2D eigenvalue weighted by Crippen LogP contribution is -2.47. The maximum atomic E-state index is 13.7. The average Bonchev–Trinajstić information content (AvgIpc) is 2.46. The van der Waals surface area contributed by atoms with Crippen LogP contribution in [-0.4, -0.2) is 56.9 Å². The fourth-order valence-corrected chi connectivity index (χ4v) is 3.66. The molecule has 3 rings (SSSR count). The molecule has 2 aliphatic rings. The fourth-order valence-electron chi connectivity index (χ4n) is 2.83. The van der Waals surface area contributed by atoms with E-state index < -0.39 is 10.0 Å². The highest BCUT2D eigenvalue weighted by molar-refractivity contribution is 7.88. The standard InChI is InChI=1S/C14H19FN2O4S/c1-22(18,19)17-4-2-16(3-5-17)8-11-6-13(15)7-12-9-20-10-21-14(11)12/h6-7H,2-5,8-10H2,1H3. The molecule has 8 heteroatoms. The second-order valence-electron chi connectivity index (χ2n) is 5.60. The zero-order valence-corrected chi connectivity index (χ0v) is 13.2. The van der Waals surface area contributed by atoms with Gasteiger partial charge in [0.15, 0.2) is 6.79 Å². The second-order valence-corrected chi connectivity index (χ2v) is 7.58. The van der Waals surface area contributed by atoms with Gasteiger partial charge in [0.2, 0.25) is 10.0 Å². The number of hydrogen-bond donors (Lipinski definition) is 0. The largest absolute Gasteiger partial charge is 0.467 e. The molecule has 2 heterocycles. The minimum absolute atomic E-state index is 0.174. The zero-order chi connectivity index (χ0) is 15.7. The van der Waals surface area contributed by atoms with Crippen molar-refractivity contribution in [3.63, 3.8) is 0 Å². The van der Waals surface area contributed by atoms with Crippen LogP contribution in [-0.2, 0) is 27.9 Å². The van der Waals surface area contributed by atoms with Crippen molar-refractivity contribution >= 4 is 10.0 Å². The van der Waals surface area contributed by atoms with E-state index in [1.165, 1.54) is 22.7 Å². The van der Waals surface area contributed by atoms with Crippen LogP contribution in [0.1, 0.15) is 11.1 Å². The van der Waals surface area contributed by atoms with Crippen molar-refractivity contribution in [2.24, 2.45) is 0 Å². The SMILES string of the molecule is CS(=O)(=O)N1CCN(Cc2cc(F)cc3c2OCOC3)CC1. The number of halogens is 1. The van der Waals surface area contributed by atoms with Gasteiger partial charge in [0, 0.05) is 43.9 Å². The normalized spacial score (nSPS) is 20.5. The van der Waals surface area contributed by atoms with E-state index in [4.69, 9.17) is 9.47 Å². The molecular formula is C14H19FN2O4S. The van der Waals surface area contributed by atoms with Crippen LogP contribution in [0.5, 0.6) is 5.75 Å². The Kier molecular flexibility index (Phi) is 4.35. The molecule has 0 aromatic heterocycles. The molecule has 0 N–H and O–H groups in total. The Bertz CT molecular complexity index is 657. The quantitative estimate of drug-likeness (QED) is 0.819. The van der Waals surface area contributed by atoms with E-state index in [1.54, 1.807) is 0 Å². The molecule has 0 amide bonds. The van der Waals surface area contributed by atoms with Crippen LogP contribution in [0.2, 0.25) is 0 Å². The number of piperazine rings is 1. The van der Waals surface area contributed by atoms with Crippen LogP contribution in [0.3, 0.4) is 0 Å². The summed E-state index contributed by atoms with van der Waals surface area (Å²) < 4.78 is 48.9. The Morgan fingerprint density at radius 3 is 2.64 bits per heavy atom. The molecule has 0 saturated carbocycles. The van der Waals surface area contributed by atoms with E-state index in [1.807, 2.05) is 0 Å². The number of nitrogens with zero attached hydrogens (tertiary/aromatic N) is 2. The topological polar surface area (TPSA) is 59.1 Å². The van der Waals surface area contributed by atoms with Crippen LogP contribution >= 0.6 is 0 Å². The minimum Gasteiger partial charge on any atom is -0.467 e. The molecule has 1 fully saturated rings. The van der Waals surface area contributed by atoms with E-state index in [0.717, 1.165) is 11.1 Å². The monoisotopic (exact) mass is 330 g/mol. The van der Waals surface area contributed by atoms with E-state index in [2.05, 4.69) is 4.90 Å². The van der Waals surface area contributed by atoms with Crippen LogP contribution < -0.4 is 4.74 Å². The van der Waals surface area contributed by atoms with Gasteiger partial charge in [-0.15, -0.1) is 0 Å². The van der Waals surface area contributed by atoms with Crippen molar-refractivity contribution in [2.45, 2.75) is 13.2 Å². The smallest absolute Gasteiger partial charge is 0.211 e. The number of ether oxygens (including phenoxy) is 2. The first-order valence-corrected chi connectivity index (χ1v) is 8.97. The summed E-state index contributed by atoms with van der Waals surface area (Å²) in [4.78, 5) is 2.11. The summed E-state index contributed by atoms with van der Waals surface area (Å²) in [6.07, 6.45) is 1.22. The summed E-state index contributed by atoms with van der Waals surface area (Å²) in [6, 6.07) is 2.91. The van der Waals surface area contributed by atoms with Crippen LogP contribution in [0.25, 0.3) is 0 Å². The van der Waals surface area contributed by atoms with Crippen molar-refractivity contribution in [3.8, 4) is 5.75 Å². The third-order valence-corrected chi connectivity index (χ3v) is 5.25. The zero-order valence-electron chi connectivity index (χ0n) is 12.4. The Balaban J connectivity index is 1.71. The second kappa shape index (κ2) is 6.11. The first kappa shape index (κ1) is 15.7. The molecule has 0 unspecified atom stereocenters. The lowest BCUT2D eigenvalue weighted by atomic mass is 10.1. The lowest BCUT2D eigenvalue weighted by molar-refractivity contribution is -0.0178. The number of rotatable bonds is 3. The number of fused-ring (bicyclic) bond motifs is 1. The number of hydrogen-bond acceptors (Lipinski definition) is 5.